The highest BCUT2D eigenvalue weighted by molar-refractivity contribution is 8.07. The number of benzene rings is 2. The molecule has 3 rings (SSSR count). The highest BCUT2D eigenvalue weighted by Crippen LogP contribution is 2.42. The summed E-state index contributed by atoms with van der Waals surface area (Å²) in [6.07, 6.45) is 0. The van der Waals surface area contributed by atoms with Crippen molar-refractivity contribution in [3.05, 3.63) is 80.8 Å². The second-order valence-electron chi connectivity index (χ2n) is 5.85. The summed E-state index contributed by atoms with van der Waals surface area (Å²) in [5.74, 6) is 0.384. The van der Waals surface area contributed by atoms with E-state index in [1.54, 1.807) is 28.5 Å². The molecule has 0 aliphatic carbocycles. The number of hydrogen-bond donors (Lipinski definition) is 1. The summed E-state index contributed by atoms with van der Waals surface area (Å²) < 4.78 is 26.0. The molecule has 0 spiro atoms. The van der Waals surface area contributed by atoms with E-state index in [-0.39, 0.29) is 9.80 Å². The van der Waals surface area contributed by atoms with Crippen LogP contribution in [0.3, 0.4) is 0 Å². The standard InChI is InChI=1S/C19H17N3O2S2/c1-13-8-9-14(2)16(10-13)22-18(21)12-25-19(22)17(11-20)26(23,24)15-6-4-3-5-7-15/h3-10,12H,21H2,1-2H3/b19-17+. The molecule has 0 radical (unpaired) electrons. The predicted octanol–water partition coefficient (Wildman–Crippen LogP) is 3.78. The molecular weight excluding hydrogens is 366 g/mol. The van der Waals surface area contributed by atoms with Crippen molar-refractivity contribution in [3.63, 3.8) is 0 Å². The molecule has 132 valence electrons. The summed E-state index contributed by atoms with van der Waals surface area (Å²) in [6, 6.07) is 15.6. The topological polar surface area (TPSA) is 87.2 Å². The number of nitriles is 1. The maximum Gasteiger partial charge on any atom is 0.219 e. The van der Waals surface area contributed by atoms with Crippen molar-refractivity contribution < 1.29 is 8.42 Å². The van der Waals surface area contributed by atoms with Crippen LogP contribution < -0.4 is 10.6 Å². The van der Waals surface area contributed by atoms with E-state index in [0.29, 0.717) is 10.9 Å². The van der Waals surface area contributed by atoms with Gasteiger partial charge in [-0.25, -0.2) is 8.42 Å². The molecule has 0 atom stereocenters. The molecule has 2 N–H and O–H groups in total. The fraction of sp³-hybridized carbons (Fsp3) is 0.105. The van der Waals surface area contributed by atoms with Crippen LogP contribution in [-0.2, 0) is 9.84 Å². The molecule has 0 bridgehead atoms. The van der Waals surface area contributed by atoms with E-state index in [9.17, 15) is 13.7 Å². The summed E-state index contributed by atoms with van der Waals surface area (Å²) >= 11 is 1.14. The van der Waals surface area contributed by atoms with Crippen LogP contribution in [0.15, 0.2) is 74.6 Å². The lowest BCUT2D eigenvalue weighted by Gasteiger charge is -2.24. The Labute approximate surface area is 157 Å². The number of anilines is 1. The Bertz CT molecular complexity index is 1070. The van der Waals surface area contributed by atoms with E-state index in [4.69, 9.17) is 5.73 Å². The van der Waals surface area contributed by atoms with Crippen molar-refractivity contribution in [1.29, 1.82) is 5.26 Å². The van der Waals surface area contributed by atoms with E-state index >= 15 is 0 Å². The zero-order chi connectivity index (χ0) is 18.9. The first-order valence-corrected chi connectivity index (χ1v) is 10.2. The van der Waals surface area contributed by atoms with Gasteiger partial charge in [-0.15, -0.1) is 0 Å². The number of allylic oxidation sites excluding steroid dienone is 1. The van der Waals surface area contributed by atoms with Gasteiger partial charge < -0.3 is 5.73 Å². The van der Waals surface area contributed by atoms with Gasteiger partial charge in [0.2, 0.25) is 9.84 Å². The smallest absolute Gasteiger partial charge is 0.219 e. The molecule has 5 nitrogen and oxygen atoms in total. The number of aryl methyl sites for hydroxylation is 2. The Morgan fingerprint density at radius 3 is 2.50 bits per heavy atom. The minimum Gasteiger partial charge on any atom is -0.384 e. The Morgan fingerprint density at radius 1 is 1.15 bits per heavy atom. The Hall–Kier alpha value is -2.69. The summed E-state index contributed by atoms with van der Waals surface area (Å²) in [6.45, 7) is 3.86. The lowest BCUT2D eigenvalue weighted by atomic mass is 10.1. The second kappa shape index (κ2) is 6.90. The SMILES string of the molecule is Cc1ccc(C)c(N2C(N)=CS/C2=C(\C#N)S(=O)(=O)c2ccccc2)c1. The Kier molecular flexibility index (Phi) is 4.81. The van der Waals surface area contributed by atoms with Crippen molar-refractivity contribution in [2.24, 2.45) is 5.73 Å². The molecule has 7 heteroatoms. The minimum absolute atomic E-state index is 0.0797. The van der Waals surface area contributed by atoms with E-state index in [2.05, 4.69) is 0 Å². The molecule has 0 fully saturated rings. The predicted molar refractivity (Wildman–Crippen MR) is 105 cm³/mol. The molecule has 1 heterocycles. The van der Waals surface area contributed by atoms with Gasteiger partial charge in [0.25, 0.3) is 0 Å². The average Bonchev–Trinajstić information content (AvgIpc) is 2.99. The quantitative estimate of drug-likeness (QED) is 0.812. The van der Waals surface area contributed by atoms with Crippen LogP contribution in [0.1, 0.15) is 11.1 Å². The first-order chi connectivity index (χ1) is 12.4. The van der Waals surface area contributed by atoms with Gasteiger partial charge in [-0.3, -0.25) is 4.90 Å². The zero-order valence-corrected chi connectivity index (χ0v) is 15.9. The third-order valence-corrected chi connectivity index (χ3v) is 6.79. The van der Waals surface area contributed by atoms with Crippen LogP contribution in [0.2, 0.25) is 0 Å². The van der Waals surface area contributed by atoms with E-state index in [1.807, 2.05) is 38.1 Å². The monoisotopic (exact) mass is 383 g/mol. The molecule has 0 saturated heterocycles. The van der Waals surface area contributed by atoms with Gasteiger partial charge in [-0.2, -0.15) is 5.26 Å². The molecule has 26 heavy (non-hydrogen) atoms. The van der Waals surface area contributed by atoms with Crippen molar-refractivity contribution in [2.45, 2.75) is 18.7 Å². The molecule has 2 aromatic rings. The van der Waals surface area contributed by atoms with Gasteiger partial charge in [0.15, 0.2) is 4.91 Å². The van der Waals surface area contributed by atoms with Crippen molar-refractivity contribution in [3.8, 4) is 6.07 Å². The van der Waals surface area contributed by atoms with Crippen molar-refractivity contribution in [2.75, 3.05) is 4.90 Å². The number of sulfone groups is 1. The lowest BCUT2D eigenvalue weighted by molar-refractivity contribution is 0.603. The number of nitrogens with two attached hydrogens (primary N) is 1. The Balaban J connectivity index is 2.22. The molecule has 0 aromatic heterocycles. The van der Waals surface area contributed by atoms with Gasteiger partial charge in [0, 0.05) is 5.41 Å². The normalized spacial score (nSPS) is 16.2. The first kappa shape index (κ1) is 18.1. The zero-order valence-electron chi connectivity index (χ0n) is 14.3. The van der Waals surface area contributed by atoms with Crippen LogP contribution in [0.5, 0.6) is 0 Å². The van der Waals surface area contributed by atoms with Gasteiger partial charge in [0.1, 0.15) is 16.9 Å². The van der Waals surface area contributed by atoms with Crippen LogP contribution in [0.4, 0.5) is 5.69 Å². The number of hydrogen-bond acceptors (Lipinski definition) is 6. The number of rotatable bonds is 3. The average molecular weight is 383 g/mol. The van der Waals surface area contributed by atoms with Crippen LogP contribution >= 0.6 is 11.8 Å². The summed E-state index contributed by atoms with van der Waals surface area (Å²) in [4.78, 5) is 1.40. The van der Waals surface area contributed by atoms with E-state index in [1.165, 1.54) is 12.1 Å². The summed E-state index contributed by atoms with van der Waals surface area (Å²) in [7, 11) is -3.95. The van der Waals surface area contributed by atoms with Gasteiger partial charge >= 0.3 is 0 Å². The highest BCUT2D eigenvalue weighted by Gasteiger charge is 2.32. The Morgan fingerprint density at radius 2 is 1.85 bits per heavy atom. The number of nitrogens with zero attached hydrogens (tertiary/aromatic N) is 2. The van der Waals surface area contributed by atoms with Gasteiger partial charge in [0.05, 0.1) is 10.6 Å². The van der Waals surface area contributed by atoms with Crippen molar-refractivity contribution >= 4 is 27.3 Å². The highest BCUT2D eigenvalue weighted by atomic mass is 32.2. The molecular formula is C19H17N3O2S2. The van der Waals surface area contributed by atoms with Gasteiger partial charge in [-0.1, -0.05) is 42.1 Å². The molecule has 1 aliphatic rings. The lowest BCUT2D eigenvalue weighted by Crippen LogP contribution is -2.25. The molecule has 0 amide bonds. The van der Waals surface area contributed by atoms with E-state index in [0.717, 1.165) is 28.6 Å². The molecule has 0 unspecified atom stereocenters. The van der Waals surface area contributed by atoms with Crippen LogP contribution in [0, 0.1) is 25.2 Å². The molecule has 2 aromatic carbocycles. The van der Waals surface area contributed by atoms with Gasteiger partial charge in [-0.05, 0) is 43.2 Å². The second-order valence-corrected chi connectivity index (χ2v) is 8.59. The van der Waals surface area contributed by atoms with Crippen molar-refractivity contribution in [1.82, 2.24) is 0 Å². The maximum atomic E-state index is 13.0. The number of thioether (sulfide) groups is 1. The largest absolute Gasteiger partial charge is 0.384 e. The maximum absolute atomic E-state index is 13.0. The van der Waals surface area contributed by atoms with Crippen LogP contribution in [-0.4, -0.2) is 8.42 Å². The first-order valence-electron chi connectivity index (χ1n) is 7.80. The molecule has 0 saturated carbocycles. The fourth-order valence-electron chi connectivity index (χ4n) is 2.64. The van der Waals surface area contributed by atoms with Crippen LogP contribution in [0.25, 0.3) is 0 Å². The summed E-state index contributed by atoms with van der Waals surface area (Å²) in [5, 5.41) is 11.6. The third kappa shape index (κ3) is 3.09. The third-order valence-electron chi connectivity index (χ3n) is 3.98. The summed E-state index contributed by atoms with van der Waals surface area (Å²) in [5.41, 5.74) is 8.83. The molecule has 1 aliphatic heterocycles. The minimum atomic E-state index is -3.95. The fourth-order valence-corrected chi connectivity index (χ4v) is 5.11. The van der Waals surface area contributed by atoms with E-state index < -0.39 is 9.84 Å².